The number of benzene rings is 1. The third-order valence-corrected chi connectivity index (χ3v) is 5.56. The monoisotopic (exact) mass is 443 g/mol. The molecule has 9 heteroatoms. The predicted octanol–water partition coefficient (Wildman–Crippen LogP) is 3.22. The van der Waals surface area contributed by atoms with Crippen molar-refractivity contribution in [1.29, 1.82) is 5.26 Å². The molecule has 168 valence electrons. The van der Waals surface area contributed by atoms with E-state index >= 15 is 0 Å². The summed E-state index contributed by atoms with van der Waals surface area (Å²) < 4.78 is 2.04. The normalized spacial score (nSPS) is 15.0. The van der Waals surface area contributed by atoms with Gasteiger partial charge in [0, 0.05) is 37.6 Å². The Morgan fingerprint density at radius 2 is 1.94 bits per heavy atom. The number of imidazole rings is 1. The number of aromatic nitrogens is 3. The van der Waals surface area contributed by atoms with Crippen LogP contribution in [-0.2, 0) is 4.79 Å². The average molecular weight is 444 g/mol. The Balaban J connectivity index is 1.56. The van der Waals surface area contributed by atoms with Crippen LogP contribution in [0.2, 0.25) is 0 Å². The molecule has 1 N–H and O–H groups in total. The van der Waals surface area contributed by atoms with E-state index < -0.39 is 0 Å². The lowest BCUT2D eigenvalue weighted by Gasteiger charge is -2.33. The van der Waals surface area contributed by atoms with Crippen molar-refractivity contribution in [1.82, 2.24) is 19.4 Å². The highest BCUT2D eigenvalue weighted by Crippen LogP contribution is 2.31. The Morgan fingerprint density at radius 3 is 2.61 bits per heavy atom. The van der Waals surface area contributed by atoms with Crippen molar-refractivity contribution in [2.24, 2.45) is 4.99 Å². The summed E-state index contributed by atoms with van der Waals surface area (Å²) in [6, 6.07) is 13.0. The molecule has 33 heavy (non-hydrogen) atoms. The van der Waals surface area contributed by atoms with Gasteiger partial charge in [-0.05, 0) is 51.0 Å². The summed E-state index contributed by atoms with van der Waals surface area (Å²) in [7, 11) is 0. The fourth-order valence-corrected chi connectivity index (χ4v) is 4.04. The van der Waals surface area contributed by atoms with E-state index in [4.69, 9.17) is 0 Å². The SMILES string of the molecule is CC(C)N=C(C#N)C(=O)N1CCC(n2c(NC(=O)c3cccnc3)nc3ccccc32)CC1. The maximum atomic E-state index is 12.8. The van der Waals surface area contributed by atoms with Gasteiger partial charge in [-0.1, -0.05) is 12.1 Å². The molecule has 2 aromatic heterocycles. The number of carbonyl (C=O) groups is 2. The minimum atomic E-state index is -0.328. The molecular weight excluding hydrogens is 418 g/mol. The highest BCUT2D eigenvalue weighted by Gasteiger charge is 2.29. The zero-order chi connectivity index (χ0) is 23.4. The molecule has 1 aromatic carbocycles. The number of likely N-dealkylation sites (tertiary alicyclic amines) is 1. The van der Waals surface area contributed by atoms with Crippen LogP contribution in [0.5, 0.6) is 0 Å². The molecule has 1 aliphatic rings. The third-order valence-electron chi connectivity index (χ3n) is 5.56. The lowest BCUT2D eigenvalue weighted by Crippen LogP contribution is -2.42. The van der Waals surface area contributed by atoms with Crippen molar-refractivity contribution in [3.8, 4) is 6.07 Å². The van der Waals surface area contributed by atoms with Crippen molar-refractivity contribution in [3.05, 3.63) is 54.4 Å². The van der Waals surface area contributed by atoms with Crippen LogP contribution < -0.4 is 5.32 Å². The number of anilines is 1. The molecule has 0 unspecified atom stereocenters. The molecule has 0 radical (unpaired) electrons. The van der Waals surface area contributed by atoms with Crippen molar-refractivity contribution in [2.75, 3.05) is 18.4 Å². The van der Waals surface area contributed by atoms with Crippen LogP contribution in [0.25, 0.3) is 11.0 Å². The van der Waals surface area contributed by atoms with Crippen LogP contribution in [0.1, 0.15) is 43.1 Å². The highest BCUT2D eigenvalue weighted by molar-refractivity contribution is 6.45. The van der Waals surface area contributed by atoms with Crippen molar-refractivity contribution < 1.29 is 9.59 Å². The molecule has 4 rings (SSSR count). The molecule has 1 saturated heterocycles. The van der Waals surface area contributed by atoms with E-state index in [1.165, 1.54) is 6.20 Å². The maximum Gasteiger partial charge on any atom is 0.282 e. The van der Waals surface area contributed by atoms with E-state index in [0.717, 1.165) is 11.0 Å². The second-order valence-corrected chi connectivity index (χ2v) is 8.20. The summed E-state index contributed by atoms with van der Waals surface area (Å²) in [6.07, 6.45) is 4.47. The van der Waals surface area contributed by atoms with Gasteiger partial charge in [0.05, 0.1) is 16.6 Å². The first-order valence-electron chi connectivity index (χ1n) is 10.9. The standard InChI is InChI=1S/C24H25N7O2/c1-16(2)27-20(14-25)23(33)30-12-9-18(10-13-30)31-21-8-4-3-7-19(21)28-24(31)29-22(32)17-6-5-11-26-15-17/h3-8,11,15-16,18H,9-10,12-13H2,1-2H3,(H,28,29,32). The van der Waals surface area contributed by atoms with Crippen LogP contribution >= 0.6 is 0 Å². The van der Waals surface area contributed by atoms with Gasteiger partial charge in [0.1, 0.15) is 6.07 Å². The maximum absolute atomic E-state index is 12.8. The van der Waals surface area contributed by atoms with Crippen molar-refractivity contribution >= 4 is 34.5 Å². The van der Waals surface area contributed by atoms with E-state index in [9.17, 15) is 14.9 Å². The molecule has 1 aliphatic heterocycles. The summed E-state index contributed by atoms with van der Waals surface area (Å²) in [4.78, 5) is 40.0. The molecule has 2 amide bonds. The smallest absolute Gasteiger partial charge is 0.282 e. The second-order valence-electron chi connectivity index (χ2n) is 8.20. The zero-order valence-electron chi connectivity index (χ0n) is 18.6. The Hall–Kier alpha value is -4.06. The first kappa shape index (κ1) is 22.1. The molecule has 0 atom stereocenters. The van der Waals surface area contributed by atoms with E-state index in [-0.39, 0.29) is 29.6 Å². The lowest BCUT2D eigenvalue weighted by molar-refractivity contribution is -0.125. The average Bonchev–Trinajstić information content (AvgIpc) is 3.20. The van der Waals surface area contributed by atoms with Crippen LogP contribution in [0, 0.1) is 11.3 Å². The number of rotatable bonds is 5. The number of aliphatic imine (C=N–C) groups is 1. The molecular formula is C24H25N7O2. The summed E-state index contributed by atoms with van der Waals surface area (Å²) in [5.74, 6) is -0.144. The van der Waals surface area contributed by atoms with Crippen LogP contribution in [0.15, 0.2) is 53.8 Å². The number of hydrogen-bond donors (Lipinski definition) is 1. The van der Waals surface area contributed by atoms with Crippen LogP contribution in [0.4, 0.5) is 5.95 Å². The quantitative estimate of drug-likeness (QED) is 0.608. The zero-order valence-corrected chi connectivity index (χ0v) is 18.6. The number of pyridine rings is 1. The number of nitrogens with zero attached hydrogens (tertiary/aromatic N) is 6. The van der Waals surface area contributed by atoms with Gasteiger partial charge >= 0.3 is 0 Å². The Kier molecular flexibility index (Phi) is 6.45. The second kappa shape index (κ2) is 9.61. The number of hydrogen-bond acceptors (Lipinski definition) is 6. The number of fused-ring (bicyclic) bond motifs is 1. The number of nitrogens with one attached hydrogen (secondary N) is 1. The summed E-state index contributed by atoms with van der Waals surface area (Å²) >= 11 is 0. The molecule has 3 aromatic rings. The van der Waals surface area contributed by atoms with E-state index in [0.29, 0.717) is 37.4 Å². The number of nitriles is 1. The Labute approximate surface area is 191 Å². The number of para-hydroxylation sites is 2. The van der Waals surface area contributed by atoms with Gasteiger partial charge in [-0.25, -0.2) is 4.98 Å². The molecule has 0 saturated carbocycles. The fourth-order valence-electron chi connectivity index (χ4n) is 4.04. The van der Waals surface area contributed by atoms with E-state index in [1.807, 2.05) is 48.7 Å². The van der Waals surface area contributed by atoms with Crippen LogP contribution in [-0.4, -0.2) is 56.1 Å². The van der Waals surface area contributed by atoms with Crippen molar-refractivity contribution in [2.45, 2.75) is 38.8 Å². The van der Waals surface area contributed by atoms with Crippen LogP contribution in [0.3, 0.4) is 0 Å². The number of piperidine rings is 1. The largest absolute Gasteiger partial charge is 0.337 e. The van der Waals surface area contributed by atoms with Gasteiger partial charge in [-0.15, -0.1) is 0 Å². The van der Waals surface area contributed by atoms with Gasteiger partial charge in [-0.3, -0.25) is 24.9 Å². The Bertz CT molecular complexity index is 1230. The molecule has 3 heterocycles. The molecule has 0 aliphatic carbocycles. The summed E-state index contributed by atoms with van der Waals surface area (Å²) in [5.41, 5.74) is 2.10. The predicted molar refractivity (Wildman–Crippen MR) is 125 cm³/mol. The van der Waals surface area contributed by atoms with Gasteiger partial charge in [-0.2, -0.15) is 5.26 Å². The van der Waals surface area contributed by atoms with Crippen molar-refractivity contribution in [3.63, 3.8) is 0 Å². The lowest BCUT2D eigenvalue weighted by atomic mass is 10.0. The first-order chi connectivity index (χ1) is 16.0. The minimum Gasteiger partial charge on any atom is -0.337 e. The third kappa shape index (κ3) is 4.75. The topological polar surface area (TPSA) is 116 Å². The summed E-state index contributed by atoms with van der Waals surface area (Å²) in [6.45, 7) is 4.65. The molecule has 9 nitrogen and oxygen atoms in total. The molecule has 0 spiro atoms. The fraction of sp³-hybridized carbons (Fsp3) is 0.333. The number of amides is 2. The van der Waals surface area contributed by atoms with Gasteiger partial charge in [0.15, 0.2) is 0 Å². The minimum absolute atomic E-state index is 0.0400. The van der Waals surface area contributed by atoms with Gasteiger partial charge in [0.25, 0.3) is 11.8 Å². The first-order valence-corrected chi connectivity index (χ1v) is 10.9. The summed E-state index contributed by atoms with van der Waals surface area (Å²) in [5, 5.41) is 12.3. The van der Waals surface area contributed by atoms with Gasteiger partial charge in [0.2, 0.25) is 11.7 Å². The molecule has 1 fully saturated rings. The van der Waals surface area contributed by atoms with E-state index in [1.54, 1.807) is 23.2 Å². The number of carbonyl (C=O) groups excluding carboxylic acids is 2. The highest BCUT2D eigenvalue weighted by atomic mass is 16.2. The van der Waals surface area contributed by atoms with E-state index in [2.05, 4.69) is 20.3 Å². The van der Waals surface area contributed by atoms with Gasteiger partial charge < -0.3 is 9.47 Å². The molecule has 0 bridgehead atoms. The Morgan fingerprint density at radius 1 is 1.18 bits per heavy atom.